The second-order valence-electron chi connectivity index (χ2n) is 10.1. The quantitative estimate of drug-likeness (QED) is 0.256. The average Bonchev–Trinajstić information content (AvgIpc) is 3.47. The van der Waals surface area contributed by atoms with Crippen molar-refractivity contribution in [1.82, 2.24) is 4.90 Å². The number of carbonyl (C=O) groups is 3. The smallest absolute Gasteiger partial charge is 0.312 e. The average molecular weight is 573 g/mol. The van der Waals surface area contributed by atoms with Gasteiger partial charge in [-0.1, -0.05) is 59.1 Å². The predicted molar refractivity (Wildman–Crippen MR) is 142 cm³/mol. The fourth-order valence-electron chi connectivity index (χ4n) is 6.40. The predicted octanol–water partition coefficient (Wildman–Crippen LogP) is 3.64. The summed E-state index contributed by atoms with van der Waals surface area (Å²) < 4.78 is 11.8. The largest absolute Gasteiger partial charge is 0.466 e. The number of anilines is 1. The fraction of sp³-hybridized carbons (Fsp3) is 0.536. The van der Waals surface area contributed by atoms with Gasteiger partial charge in [0, 0.05) is 23.7 Å². The maximum atomic E-state index is 13.9. The number of hydrogen-bond acceptors (Lipinski definition) is 6. The summed E-state index contributed by atoms with van der Waals surface area (Å²) in [4.78, 5) is 42.2. The minimum atomic E-state index is -1.10. The van der Waals surface area contributed by atoms with Crippen LogP contribution in [0, 0.1) is 11.8 Å². The highest BCUT2D eigenvalue weighted by molar-refractivity contribution is 9.09. The summed E-state index contributed by atoms with van der Waals surface area (Å²) in [7, 11) is 0. The molecular formula is C28H33BrN2O6. The molecule has 5 rings (SSSR count). The van der Waals surface area contributed by atoms with Gasteiger partial charge in [0.2, 0.25) is 11.8 Å². The number of aliphatic hydroxyl groups excluding tert-OH is 1. The molecule has 8 nitrogen and oxygen atoms in total. The number of rotatable bonds is 10. The molecule has 9 heteroatoms. The highest BCUT2D eigenvalue weighted by Gasteiger charge is 2.76. The highest BCUT2D eigenvalue weighted by Crippen LogP contribution is 2.60. The lowest BCUT2D eigenvalue weighted by molar-refractivity contribution is -0.154. The van der Waals surface area contributed by atoms with Gasteiger partial charge in [-0.2, -0.15) is 0 Å². The number of carbonyl (C=O) groups excluding carboxylic acids is 3. The molecule has 0 aromatic heterocycles. The number of fused-ring (bicyclic) bond motifs is 2. The zero-order valence-corrected chi connectivity index (χ0v) is 22.5. The Morgan fingerprint density at radius 1 is 1.16 bits per heavy atom. The number of amides is 2. The van der Waals surface area contributed by atoms with Crippen LogP contribution >= 0.6 is 15.9 Å². The van der Waals surface area contributed by atoms with Crippen molar-refractivity contribution in [2.24, 2.45) is 11.8 Å². The van der Waals surface area contributed by atoms with E-state index in [4.69, 9.17) is 14.6 Å². The standard InChI is InChI=1S/C28H33BrN2O6/c1-2-36-27(35)21-22-26(34)31(13-7-3-4-8-14-32)24(28(22)16-20(29)23(21)37-28)25(33)30-19-12-11-17-9-5-6-10-18(17)15-19/h5-6,9-12,15,20-24,32H,2-4,7-8,13-14,16H2,1H3,(H,30,33)/t20?,21-,22+,23-,24?,28?/m1/s1. The van der Waals surface area contributed by atoms with Crippen molar-refractivity contribution in [1.29, 1.82) is 0 Å². The molecule has 2 N–H and O–H groups in total. The van der Waals surface area contributed by atoms with Gasteiger partial charge in [-0.05, 0) is 49.1 Å². The Bertz CT molecular complexity index is 1190. The lowest BCUT2D eigenvalue weighted by atomic mass is 9.70. The molecule has 198 valence electrons. The van der Waals surface area contributed by atoms with Crippen LogP contribution in [0.4, 0.5) is 5.69 Å². The van der Waals surface area contributed by atoms with Crippen LogP contribution < -0.4 is 5.32 Å². The monoisotopic (exact) mass is 572 g/mol. The van der Waals surface area contributed by atoms with Gasteiger partial charge in [0.15, 0.2) is 0 Å². The van der Waals surface area contributed by atoms with Gasteiger partial charge in [0.25, 0.3) is 0 Å². The summed E-state index contributed by atoms with van der Waals surface area (Å²) in [6.07, 6.45) is 3.01. The highest BCUT2D eigenvalue weighted by atomic mass is 79.9. The second kappa shape index (κ2) is 10.7. The summed E-state index contributed by atoms with van der Waals surface area (Å²) >= 11 is 3.66. The molecule has 6 atom stereocenters. The summed E-state index contributed by atoms with van der Waals surface area (Å²) in [6, 6.07) is 12.8. The Morgan fingerprint density at radius 2 is 1.92 bits per heavy atom. The molecule has 0 saturated carbocycles. The number of likely N-dealkylation sites (tertiary alicyclic amines) is 1. The first-order valence-electron chi connectivity index (χ1n) is 13.1. The van der Waals surface area contributed by atoms with Gasteiger partial charge < -0.3 is 24.8 Å². The van der Waals surface area contributed by atoms with Crippen molar-refractivity contribution in [2.45, 2.75) is 61.6 Å². The molecule has 2 bridgehead atoms. The number of unbranched alkanes of at least 4 members (excludes halogenated alkanes) is 3. The van der Waals surface area contributed by atoms with Crippen molar-refractivity contribution in [3.63, 3.8) is 0 Å². The molecule has 3 fully saturated rings. The summed E-state index contributed by atoms with van der Waals surface area (Å²) in [6.45, 7) is 2.47. The van der Waals surface area contributed by atoms with Crippen molar-refractivity contribution in [3.8, 4) is 0 Å². The van der Waals surface area contributed by atoms with Crippen LogP contribution in [0.1, 0.15) is 39.0 Å². The van der Waals surface area contributed by atoms with E-state index in [1.165, 1.54) is 0 Å². The van der Waals surface area contributed by atoms with Crippen molar-refractivity contribution in [3.05, 3.63) is 42.5 Å². The molecule has 0 aliphatic carbocycles. The molecule has 3 saturated heterocycles. The first-order chi connectivity index (χ1) is 17.9. The normalized spacial score (nSPS) is 30.1. The molecule has 3 aliphatic rings. The fourth-order valence-corrected chi connectivity index (χ4v) is 7.35. The van der Waals surface area contributed by atoms with Crippen molar-refractivity contribution >= 4 is 50.2 Å². The minimum Gasteiger partial charge on any atom is -0.466 e. The van der Waals surface area contributed by atoms with E-state index >= 15 is 0 Å². The zero-order chi connectivity index (χ0) is 26.2. The number of halogens is 1. The Kier molecular flexibility index (Phi) is 7.56. The first kappa shape index (κ1) is 26.1. The van der Waals surface area contributed by atoms with Gasteiger partial charge in [-0.25, -0.2) is 0 Å². The number of nitrogens with zero attached hydrogens (tertiary/aromatic N) is 1. The summed E-state index contributed by atoms with van der Waals surface area (Å²) in [5.74, 6) is -2.49. The molecule has 1 spiro atoms. The van der Waals surface area contributed by atoms with E-state index in [-0.39, 0.29) is 29.9 Å². The van der Waals surface area contributed by atoms with E-state index < -0.39 is 35.6 Å². The molecule has 3 aliphatic heterocycles. The molecular weight excluding hydrogens is 540 g/mol. The Hall–Kier alpha value is -2.49. The number of esters is 1. The van der Waals surface area contributed by atoms with Crippen LogP contribution in [0.3, 0.4) is 0 Å². The molecule has 2 amide bonds. The van der Waals surface area contributed by atoms with E-state index in [1.54, 1.807) is 11.8 Å². The van der Waals surface area contributed by atoms with Crippen LogP contribution in [-0.2, 0) is 23.9 Å². The van der Waals surface area contributed by atoms with Crippen LogP contribution in [0.5, 0.6) is 0 Å². The SMILES string of the molecule is CCOC(=O)[C@H]1[C@@H]2OC3(CC2Br)C(C(=O)Nc2ccc4ccccc4c2)N(CCCCCCO)C(=O)[C@H]13. The molecule has 2 aromatic rings. The Balaban J connectivity index is 1.45. The van der Waals surface area contributed by atoms with Crippen LogP contribution in [0.25, 0.3) is 10.8 Å². The molecule has 2 aromatic carbocycles. The zero-order valence-electron chi connectivity index (χ0n) is 20.9. The topological polar surface area (TPSA) is 105 Å². The van der Waals surface area contributed by atoms with Crippen LogP contribution in [0.15, 0.2) is 42.5 Å². The van der Waals surface area contributed by atoms with E-state index in [0.717, 1.165) is 23.6 Å². The lowest BCUT2D eigenvalue weighted by Gasteiger charge is -2.34. The maximum absolute atomic E-state index is 13.9. The van der Waals surface area contributed by atoms with Gasteiger partial charge in [0.05, 0.1) is 24.5 Å². The number of ether oxygens (including phenoxy) is 2. The van der Waals surface area contributed by atoms with E-state index in [1.807, 2.05) is 42.5 Å². The lowest BCUT2D eigenvalue weighted by Crippen LogP contribution is -2.54. The van der Waals surface area contributed by atoms with E-state index in [9.17, 15) is 14.4 Å². The van der Waals surface area contributed by atoms with Gasteiger partial charge in [-0.15, -0.1) is 0 Å². The number of benzene rings is 2. The van der Waals surface area contributed by atoms with Crippen LogP contribution in [-0.4, -0.2) is 70.1 Å². The van der Waals surface area contributed by atoms with Gasteiger partial charge in [-0.3, -0.25) is 14.4 Å². The first-order valence-corrected chi connectivity index (χ1v) is 14.0. The Morgan fingerprint density at radius 3 is 2.68 bits per heavy atom. The Labute approximate surface area is 224 Å². The molecule has 3 heterocycles. The van der Waals surface area contributed by atoms with Crippen LogP contribution in [0.2, 0.25) is 0 Å². The van der Waals surface area contributed by atoms with Gasteiger partial charge in [0.1, 0.15) is 11.6 Å². The molecule has 37 heavy (non-hydrogen) atoms. The number of hydrogen-bond donors (Lipinski definition) is 2. The van der Waals surface area contributed by atoms with Crippen molar-refractivity contribution < 1.29 is 29.0 Å². The number of nitrogens with one attached hydrogen (secondary N) is 1. The van der Waals surface area contributed by atoms with Crippen molar-refractivity contribution in [2.75, 3.05) is 25.1 Å². The summed E-state index contributed by atoms with van der Waals surface area (Å²) in [5, 5.41) is 14.2. The molecule has 0 radical (unpaired) electrons. The molecule has 3 unspecified atom stereocenters. The van der Waals surface area contributed by atoms with E-state index in [0.29, 0.717) is 31.5 Å². The van der Waals surface area contributed by atoms with Gasteiger partial charge >= 0.3 is 5.97 Å². The summed E-state index contributed by atoms with van der Waals surface area (Å²) in [5.41, 5.74) is -0.455. The third kappa shape index (κ3) is 4.55. The van der Waals surface area contributed by atoms with E-state index in [2.05, 4.69) is 21.2 Å². The maximum Gasteiger partial charge on any atom is 0.312 e. The minimum absolute atomic E-state index is 0.133. The number of alkyl halides is 1. The number of aliphatic hydroxyl groups is 1. The third-order valence-electron chi connectivity index (χ3n) is 7.92. The third-order valence-corrected chi connectivity index (χ3v) is 8.77. The second-order valence-corrected chi connectivity index (χ2v) is 11.3.